The van der Waals surface area contributed by atoms with Crippen molar-refractivity contribution in [1.82, 2.24) is 0 Å². The second-order valence-electron chi connectivity index (χ2n) is 8.41. The van der Waals surface area contributed by atoms with Crippen molar-refractivity contribution < 1.29 is 18.8 Å². The second-order valence-corrected chi connectivity index (χ2v) is 8.41. The average molecular weight is 352 g/mol. The van der Waals surface area contributed by atoms with Crippen molar-refractivity contribution in [2.24, 2.45) is 23.7 Å². The minimum absolute atomic E-state index is 0.209. The van der Waals surface area contributed by atoms with Crippen molar-refractivity contribution in [2.75, 3.05) is 0 Å². The maximum absolute atomic E-state index is 14.5. The third-order valence-corrected chi connectivity index (χ3v) is 7.04. The van der Waals surface area contributed by atoms with Crippen molar-refractivity contribution in [2.45, 2.75) is 76.5 Å². The molecule has 5 heteroatoms. The highest BCUT2D eigenvalue weighted by Crippen LogP contribution is 2.44. The first-order valence-corrected chi connectivity index (χ1v) is 10.0. The van der Waals surface area contributed by atoms with Crippen LogP contribution in [0.25, 0.3) is 0 Å². The van der Waals surface area contributed by atoms with Gasteiger partial charge in [-0.3, -0.25) is 0 Å². The molecule has 0 amide bonds. The normalized spacial score (nSPS) is 42.1. The lowest BCUT2D eigenvalue weighted by Gasteiger charge is -2.39. The van der Waals surface area contributed by atoms with Gasteiger partial charge in [0.2, 0.25) is 0 Å². The quantitative estimate of drug-likeness (QED) is 0.728. The van der Waals surface area contributed by atoms with E-state index in [-0.39, 0.29) is 5.92 Å². The van der Waals surface area contributed by atoms with E-state index < -0.39 is 18.9 Å². The second kappa shape index (κ2) is 7.91. The highest BCUT2D eigenvalue weighted by Gasteiger charge is 2.50. The fourth-order valence-corrected chi connectivity index (χ4v) is 5.19. The maximum Gasteiger partial charge on any atom is 0.499 e. The average Bonchev–Trinajstić information content (AvgIpc) is 2.64. The molecule has 0 aromatic rings. The zero-order valence-electron chi connectivity index (χ0n) is 15.2. The molecule has 3 aliphatic rings. The number of halogens is 2. The first-order chi connectivity index (χ1) is 11.9. The first kappa shape index (κ1) is 19.1. The Morgan fingerprint density at radius 2 is 1.60 bits per heavy atom. The molecule has 2 fully saturated rings. The van der Waals surface area contributed by atoms with E-state index in [1.807, 2.05) is 0 Å². The van der Waals surface area contributed by atoms with E-state index in [1.165, 1.54) is 32.1 Å². The van der Waals surface area contributed by atoms with E-state index in [1.54, 1.807) is 6.08 Å². The van der Waals surface area contributed by atoms with Crippen LogP contribution in [-0.2, 0) is 0 Å². The Kier molecular flexibility index (Phi) is 6.05. The predicted octanol–water partition coefficient (Wildman–Crippen LogP) is 4.56. The summed E-state index contributed by atoms with van der Waals surface area (Å²) in [6, 6.07) is 0. The molecule has 140 valence electrons. The molecule has 0 bridgehead atoms. The van der Waals surface area contributed by atoms with Gasteiger partial charge in [0.05, 0.1) is 0 Å². The van der Waals surface area contributed by atoms with Crippen LogP contribution in [-0.4, -0.2) is 28.9 Å². The van der Waals surface area contributed by atoms with Gasteiger partial charge in [-0.05, 0) is 79.9 Å². The van der Waals surface area contributed by atoms with Gasteiger partial charge in [0.1, 0.15) is 0 Å². The number of rotatable bonds is 4. The van der Waals surface area contributed by atoms with E-state index in [0.29, 0.717) is 0 Å². The van der Waals surface area contributed by atoms with E-state index >= 15 is 0 Å². The summed E-state index contributed by atoms with van der Waals surface area (Å²) in [6.07, 6.45) is 12.9. The molecular formula is C20H31BF2O2. The molecule has 3 rings (SSSR count). The van der Waals surface area contributed by atoms with Crippen LogP contribution in [0.3, 0.4) is 0 Å². The Balaban J connectivity index is 1.57. The largest absolute Gasteiger partial charge is 0.499 e. The van der Waals surface area contributed by atoms with Crippen molar-refractivity contribution in [3.8, 4) is 0 Å². The molecule has 0 aromatic heterocycles. The Labute approximate surface area is 150 Å². The highest BCUT2D eigenvalue weighted by molar-refractivity contribution is 6.46. The highest BCUT2D eigenvalue weighted by atomic mass is 19.2. The summed E-state index contributed by atoms with van der Waals surface area (Å²) in [5, 5.41) is 18.5. The van der Waals surface area contributed by atoms with Gasteiger partial charge >= 0.3 is 7.12 Å². The summed E-state index contributed by atoms with van der Waals surface area (Å²) in [5.74, 6) is 2.74. The standard InChI is InChI=1S/C20H31BF2O2/c1-2-14-3-5-15(6-4-14)16-7-9-17(10-8-16)18-11-12-19(22)20(23,13-18)21(24)25/h11-17,19,24-25H,2-10H2,1H3. The monoisotopic (exact) mass is 352 g/mol. The molecule has 2 unspecified atom stereocenters. The molecule has 0 spiro atoms. The van der Waals surface area contributed by atoms with Crippen molar-refractivity contribution in [1.29, 1.82) is 0 Å². The van der Waals surface area contributed by atoms with Gasteiger partial charge in [0.15, 0.2) is 11.7 Å². The van der Waals surface area contributed by atoms with Gasteiger partial charge in [-0.15, -0.1) is 0 Å². The third kappa shape index (κ3) is 4.03. The molecule has 2 atom stereocenters. The lowest BCUT2D eigenvalue weighted by Crippen LogP contribution is -2.49. The molecule has 0 radical (unpaired) electrons. The van der Waals surface area contributed by atoms with Gasteiger partial charge in [-0.1, -0.05) is 32.3 Å². The van der Waals surface area contributed by atoms with Gasteiger partial charge < -0.3 is 10.0 Å². The van der Waals surface area contributed by atoms with Crippen LogP contribution in [0, 0.1) is 23.7 Å². The minimum Gasteiger partial charge on any atom is -0.425 e. The molecular weight excluding hydrogens is 321 g/mol. The maximum atomic E-state index is 14.5. The Bertz CT molecular complexity index is 506. The van der Waals surface area contributed by atoms with Crippen LogP contribution in [0.2, 0.25) is 0 Å². The van der Waals surface area contributed by atoms with Crippen LogP contribution in [0.4, 0.5) is 8.78 Å². The Morgan fingerprint density at radius 3 is 2.12 bits per heavy atom. The lowest BCUT2D eigenvalue weighted by molar-refractivity contribution is 0.144. The van der Waals surface area contributed by atoms with Gasteiger partial charge in [-0.2, -0.15) is 0 Å². The molecule has 25 heavy (non-hydrogen) atoms. The van der Waals surface area contributed by atoms with Crippen LogP contribution in [0.15, 0.2) is 23.8 Å². The van der Waals surface area contributed by atoms with E-state index in [4.69, 9.17) is 0 Å². The third-order valence-electron chi connectivity index (χ3n) is 7.04. The summed E-state index contributed by atoms with van der Waals surface area (Å²) in [5.41, 5.74) is -1.97. The summed E-state index contributed by atoms with van der Waals surface area (Å²) in [4.78, 5) is 0. The molecule has 3 aliphatic carbocycles. The van der Waals surface area contributed by atoms with Gasteiger partial charge in [0, 0.05) is 0 Å². The van der Waals surface area contributed by atoms with Crippen LogP contribution >= 0.6 is 0 Å². The summed E-state index contributed by atoms with van der Waals surface area (Å²) >= 11 is 0. The minimum atomic E-state index is -2.71. The van der Waals surface area contributed by atoms with Gasteiger partial charge in [0.25, 0.3) is 0 Å². The van der Waals surface area contributed by atoms with Crippen LogP contribution in [0.5, 0.6) is 0 Å². The summed E-state index contributed by atoms with van der Waals surface area (Å²) in [7, 11) is -2.33. The molecule has 2 N–H and O–H groups in total. The molecule has 0 aliphatic heterocycles. The number of hydrogen-bond donors (Lipinski definition) is 2. The SMILES string of the molecule is CCC1CCC(C2CCC(C3=CC(F)(B(O)O)C(F)C=C3)CC2)CC1. The fourth-order valence-electron chi connectivity index (χ4n) is 5.19. The topological polar surface area (TPSA) is 40.5 Å². The predicted molar refractivity (Wildman–Crippen MR) is 97.3 cm³/mol. The zero-order chi connectivity index (χ0) is 18.0. The zero-order valence-corrected chi connectivity index (χ0v) is 15.2. The molecule has 0 aromatic carbocycles. The van der Waals surface area contributed by atoms with Crippen molar-refractivity contribution in [3.05, 3.63) is 23.8 Å². The van der Waals surface area contributed by atoms with Crippen molar-refractivity contribution >= 4 is 7.12 Å². The Hall–Kier alpha value is -0.675. The van der Waals surface area contributed by atoms with E-state index in [0.717, 1.165) is 61.2 Å². The van der Waals surface area contributed by atoms with E-state index in [9.17, 15) is 18.8 Å². The lowest BCUT2D eigenvalue weighted by atomic mass is 9.62. The number of hydrogen-bond acceptors (Lipinski definition) is 2. The van der Waals surface area contributed by atoms with Crippen LogP contribution < -0.4 is 0 Å². The molecule has 2 saturated carbocycles. The smallest absolute Gasteiger partial charge is 0.425 e. The molecule has 0 heterocycles. The number of allylic oxidation sites excluding steroid dienone is 4. The fraction of sp³-hybridized carbons (Fsp3) is 0.800. The summed E-state index contributed by atoms with van der Waals surface area (Å²) < 4.78 is 28.3. The number of alkyl halides is 2. The van der Waals surface area contributed by atoms with Gasteiger partial charge in [-0.25, -0.2) is 8.78 Å². The Morgan fingerprint density at radius 1 is 1.04 bits per heavy atom. The molecule has 2 nitrogen and oxygen atoms in total. The van der Waals surface area contributed by atoms with Crippen LogP contribution in [0.1, 0.15) is 64.7 Å². The first-order valence-electron chi connectivity index (χ1n) is 10.0. The molecule has 0 saturated heterocycles. The summed E-state index contributed by atoms with van der Waals surface area (Å²) in [6.45, 7) is 2.29. The van der Waals surface area contributed by atoms with Crippen molar-refractivity contribution in [3.63, 3.8) is 0 Å². The van der Waals surface area contributed by atoms with E-state index in [2.05, 4.69) is 6.92 Å².